The van der Waals surface area contributed by atoms with Crippen LogP contribution in [0.5, 0.6) is 0 Å². The van der Waals surface area contributed by atoms with E-state index in [1.807, 2.05) is 26.0 Å². The molecule has 3 aromatic carbocycles. The second-order valence-electron chi connectivity index (χ2n) is 7.78. The molecule has 6 nitrogen and oxygen atoms in total. The van der Waals surface area contributed by atoms with Crippen LogP contribution in [0.3, 0.4) is 0 Å². The number of hydrogen-bond acceptors (Lipinski definition) is 4. The number of rotatable bonds is 3. The van der Waals surface area contributed by atoms with Crippen molar-refractivity contribution >= 4 is 27.3 Å². The van der Waals surface area contributed by atoms with Gasteiger partial charge in [-0.25, -0.2) is 8.42 Å². The Morgan fingerprint density at radius 1 is 0.939 bits per heavy atom. The summed E-state index contributed by atoms with van der Waals surface area (Å²) in [6.07, 6.45) is -5.60. The van der Waals surface area contributed by atoms with Crippen LogP contribution >= 0.6 is 0 Å². The standard InChI is InChI=1S/C23H20F3N3O3S/c1-13-3-9-18(11-14(13)2)27-22(30)16-6-4-15(5-7-16)21-28-19-12-17(23(24,25)26)8-10-20(19)33(31,32)29-21/h3-12,21,28-29H,1-2H3,(H,27,30)/t21-/m1/s1. The quantitative estimate of drug-likeness (QED) is 0.499. The van der Waals surface area contributed by atoms with Crippen LogP contribution in [-0.4, -0.2) is 14.3 Å². The molecule has 3 aromatic rings. The molecule has 1 aliphatic heterocycles. The molecule has 0 unspecified atom stereocenters. The molecule has 1 atom stereocenters. The van der Waals surface area contributed by atoms with E-state index in [0.29, 0.717) is 16.8 Å². The second-order valence-corrected chi connectivity index (χ2v) is 9.46. The zero-order chi connectivity index (χ0) is 24.0. The van der Waals surface area contributed by atoms with E-state index in [-0.39, 0.29) is 16.5 Å². The van der Waals surface area contributed by atoms with Gasteiger partial charge in [0.2, 0.25) is 10.0 Å². The maximum atomic E-state index is 13.1. The van der Waals surface area contributed by atoms with E-state index in [1.54, 1.807) is 6.07 Å². The van der Waals surface area contributed by atoms with Gasteiger partial charge in [-0.1, -0.05) is 18.2 Å². The van der Waals surface area contributed by atoms with Crippen molar-refractivity contribution in [2.45, 2.75) is 31.1 Å². The Hall–Kier alpha value is -3.37. The van der Waals surface area contributed by atoms with Crippen LogP contribution < -0.4 is 15.4 Å². The van der Waals surface area contributed by atoms with Gasteiger partial charge in [-0.2, -0.15) is 17.9 Å². The smallest absolute Gasteiger partial charge is 0.364 e. The Kier molecular flexibility index (Phi) is 5.67. The number of aryl methyl sites for hydroxylation is 2. The zero-order valence-corrected chi connectivity index (χ0v) is 18.4. The van der Waals surface area contributed by atoms with Crippen molar-refractivity contribution in [2.24, 2.45) is 0 Å². The second kappa shape index (κ2) is 8.20. The number of carbonyl (C=O) groups is 1. The van der Waals surface area contributed by atoms with E-state index >= 15 is 0 Å². The zero-order valence-electron chi connectivity index (χ0n) is 17.6. The van der Waals surface area contributed by atoms with Crippen molar-refractivity contribution in [3.05, 3.63) is 88.5 Å². The van der Waals surface area contributed by atoms with Crippen molar-refractivity contribution in [1.29, 1.82) is 0 Å². The van der Waals surface area contributed by atoms with Gasteiger partial charge < -0.3 is 10.6 Å². The fraction of sp³-hybridized carbons (Fsp3) is 0.174. The molecule has 0 bridgehead atoms. The highest BCUT2D eigenvalue weighted by Crippen LogP contribution is 2.37. The molecule has 4 rings (SSSR count). The molecule has 0 radical (unpaired) electrons. The lowest BCUT2D eigenvalue weighted by Gasteiger charge is -2.29. The predicted molar refractivity (Wildman–Crippen MR) is 118 cm³/mol. The molecule has 0 fully saturated rings. The first-order valence-electron chi connectivity index (χ1n) is 9.93. The van der Waals surface area contributed by atoms with Gasteiger partial charge in [0.25, 0.3) is 5.91 Å². The van der Waals surface area contributed by atoms with E-state index < -0.39 is 27.9 Å². The largest absolute Gasteiger partial charge is 0.416 e. The molecule has 1 aliphatic rings. The third kappa shape index (κ3) is 4.71. The molecular weight excluding hydrogens is 455 g/mol. The molecule has 0 saturated heterocycles. The number of amides is 1. The van der Waals surface area contributed by atoms with E-state index in [4.69, 9.17) is 0 Å². The number of hydrogen-bond donors (Lipinski definition) is 3. The lowest BCUT2D eigenvalue weighted by Crippen LogP contribution is -2.38. The van der Waals surface area contributed by atoms with Gasteiger partial charge in [0, 0.05) is 11.3 Å². The van der Waals surface area contributed by atoms with Crippen molar-refractivity contribution in [2.75, 3.05) is 10.6 Å². The maximum Gasteiger partial charge on any atom is 0.416 e. The topological polar surface area (TPSA) is 87.3 Å². The van der Waals surface area contributed by atoms with E-state index in [9.17, 15) is 26.4 Å². The van der Waals surface area contributed by atoms with Crippen molar-refractivity contribution in [3.8, 4) is 0 Å². The number of carbonyl (C=O) groups excluding carboxylic acids is 1. The van der Waals surface area contributed by atoms with Crippen molar-refractivity contribution in [3.63, 3.8) is 0 Å². The number of halogens is 3. The molecule has 1 amide bonds. The monoisotopic (exact) mass is 475 g/mol. The molecule has 33 heavy (non-hydrogen) atoms. The van der Waals surface area contributed by atoms with Gasteiger partial charge in [0.1, 0.15) is 11.1 Å². The molecule has 0 spiro atoms. The van der Waals surface area contributed by atoms with Crippen molar-refractivity contribution < 1.29 is 26.4 Å². The minimum absolute atomic E-state index is 0.148. The highest BCUT2D eigenvalue weighted by molar-refractivity contribution is 7.89. The summed E-state index contributed by atoms with van der Waals surface area (Å²) >= 11 is 0. The predicted octanol–water partition coefficient (Wildman–Crippen LogP) is 4.98. The highest BCUT2D eigenvalue weighted by atomic mass is 32.2. The first-order valence-corrected chi connectivity index (χ1v) is 11.4. The maximum absolute atomic E-state index is 13.1. The average Bonchev–Trinajstić information content (AvgIpc) is 2.75. The van der Waals surface area contributed by atoms with E-state index in [0.717, 1.165) is 29.3 Å². The summed E-state index contributed by atoms with van der Waals surface area (Å²) in [5.41, 5.74) is 2.45. The van der Waals surface area contributed by atoms with Crippen LogP contribution in [0.4, 0.5) is 24.5 Å². The Morgan fingerprint density at radius 2 is 1.64 bits per heavy atom. The summed E-state index contributed by atoms with van der Waals surface area (Å²) in [7, 11) is -4.04. The van der Waals surface area contributed by atoms with Gasteiger partial charge in [-0.15, -0.1) is 0 Å². The summed E-state index contributed by atoms with van der Waals surface area (Å²) in [6, 6.07) is 14.1. The Morgan fingerprint density at radius 3 is 2.27 bits per heavy atom. The molecule has 0 aliphatic carbocycles. The Balaban J connectivity index is 1.55. The fourth-order valence-corrected chi connectivity index (χ4v) is 4.74. The first-order chi connectivity index (χ1) is 15.4. The molecule has 0 aromatic heterocycles. The van der Waals surface area contributed by atoms with Gasteiger partial charge in [-0.05, 0) is 73.0 Å². The Labute approximate surface area is 188 Å². The van der Waals surface area contributed by atoms with Crippen LogP contribution in [0.2, 0.25) is 0 Å². The summed E-state index contributed by atoms with van der Waals surface area (Å²) in [5, 5.41) is 5.59. The number of anilines is 2. The summed E-state index contributed by atoms with van der Waals surface area (Å²) < 4.78 is 66.7. The first kappa shape index (κ1) is 22.8. The average molecular weight is 475 g/mol. The molecule has 0 saturated carbocycles. The summed E-state index contributed by atoms with van der Waals surface area (Å²) in [5.74, 6) is -0.345. The van der Waals surface area contributed by atoms with Crippen molar-refractivity contribution in [1.82, 2.24) is 4.72 Å². The SMILES string of the molecule is Cc1ccc(NC(=O)c2ccc([C@@H]3Nc4cc(C(F)(F)F)ccc4S(=O)(=O)N3)cc2)cc1C. The minimum atomic E-state index is -4.61. The number of sulfonamides is 1. The van der Waals surface area contributed by atoms with E-state index in [1.165, 1.54) is 24.3 Å². The molecular formula is C23H20F3N3O3S. The fourth-order valence-electron chi connectivity index (χ4n) is 3.46. The minimum Gasteiger partial charge on any atom is -0.364 e. The lowest BCUT2D eigenvalue weighted by molar-refractivity contribution is -0.137. The van der Waals surface area contributed by atoms with E-state index in [2.05, 4.69) is 15.4 Å². The van der Waals surface area contributed by atoms with Crippen LogP contribution in [0.1, 0.15) is 38.8 Å². The number of benzene rings is 3. The number of nitrogens with one attached hydrogen (secondary N) is 3. The van der Waals surface area contributed by atoms with Crippen LogP contribution in [0.15, 0.2) is 65.6 Å². The number of alkyl halides is 3. The van der Waals surface area contributed by atoms with Gasteiger partial charge in [0.15, 0.2) is 0 Å². The normalized spacial score (nSPS) is 17.1. The molecule has 3 N–H and O–H groups in total. The Bertz CT molecular complexity index is 1340. The lowest BCUT2D eigenvalue weighted by atomic mass is 10.1. The molecule has 172 valence electrons. The van der Waals surface area contributed by atoms with Crippen LogP contribution in [0.25, 0.3) is 0 Å². The summed E-state index contributed by atoms with van der Waals surface area (Å²) in [4.78, 5) is 12.3. The highest BCUT2D eigenvalue weighted by Gasteiger charge is 2.35. The van der Waals surface area contributed by atoms with Crippen LogP contribution in [0, 0.1) is 13.8 Å². The van der Waals surface area contributed by atoms with Gasteiger partial charge in [0.05, 0.1) is 11.3 Å². The third-order valence-corrected chi connectivity index (χ3v) is 6.92. The molecule has 10 heteroatoms. The third-order valence-electron chi connectivity index (χ3n) is 5.44. The van der Waals surface area contributed by atoms with Gasteiger partial charge >= 0.3 is 6.18 Å². The number of fused-ring (bicyclic) bond motifs is 1. The van der Waals surface area contributed by atoms with Gasteiger partial charge in [-0.3, -0.25) is 4.79 Å². The summed E-state index contributed by atoms with van der Waals surface area (Å²) in [6.45, 7) is 3.91. The van der Waals surface area contributed by atoms with Crippen LogP contribution in [-0.2, 0) is 16.2 Å². The molecule has 1 heterocycles.